The average molecular weight is 415 g/mol. The second kappa shape index (κ2) is 8.83. The van der Waals surface area contributed by atoms with Gasteiger partial charge in [-0.3, -0.25) is 19.7 Å². The van der Waals surface area contributed by atoms with E-state index in [1.807, 2.05) is 12.1 Å². The summed E-state index contributed by atoms with van der Waals surface area (Å²) in [6.45, 7) is 3.79. The highest BCUT2D eigenvalue weighted by atomic mass is 16.5. The van der Waals surface area contributed by atoms with Crippen LogP contribution in [0, 0.1) is 0 Å². The van der Waals surface area contributed by atoms with Gasteiger partial charge in [-0.25, -0.2) is 0 Å². The number of amides is 3. The van der Waals surface area contributed by atoms with Crippen LogP contribution in [-0.2, 0) is 27.4 Å². The third kappa shape index (κ3) is 4.26. The first kappa shape index (κ1) is 21.0. The quantitative estimate of drug-likeness (QED) is 0.568. The fraction of sp³-hybridized carbons (Fsp3) is 0.591. The van der Waals surface area contributed by atoms with E-state index in [4.69, 9.17) is 4.74 Å². The molecule has 0 aliphatic carbocycles. The Morgan fingerprint density at radius 1 is 1.23 bits per heavy atom. The highest BCUT2D eigenvalue weighted by Gasteiger charge is 2.39. The van der Waals surface area contributed by atoms with Crippen LogP contribution < -0.4 is 16.0 Å². The van der Waals surface area contributed by atoms with Gasteiger partial charge in [-0.1, -0.05) is 12.1 Å². The first-order valence-electron chi connectivity index (χ1n) is 10.7. The summed E-state index contributed by atoms with van der Waals surface area (Å²) in [5, 5.41) is 9.49. The van der Waals surface area contributed by atoms with Gasteiger partial charge in [-0.15, -0.1) is 0 Å². The minimum atomic E-state index is -0.573. The number of benzene rings is 1. The molecule has 1 unspecified atom stereocenters. The maximum absolute atomic E-state index is 13.0. The zero-order valence-corrected chi connectivity index (χ0v) is 17.5. The molecule has 0 spiro atoms. The van der Waals surface area contributed by atoms with Gasteiger partial charge in [0.1, 0.15) is 6.04 Å². The normalized spacial score (nSPS) is 23.4. The van der Waals surface area contributed by atoms with Crippen molar-refractivity contribution in [2.75, 3.05) is 26.8 Å². The Hall–Kier alpha value is -2.29. The zero-order valence-electron chi connectivity index (χ0n) is 17.5. The largest absolute Gasteiger partial charge is 0.385 e. The van der Waals surface area contributed by atoms with Crippen molar-refractivity contribution in [2.45, 2.75) is 56.8 Å². The first-order valence-corrected chi connectivity index (χ1v) is 10.7. The Labute approximate surface area is 176 Å². The molecular weight excluding hydrogens is 384 g/mol. The third-order valence-corrected chi connectivity index (χ3v) is 6.61. The molecule has 8 nitrogen and oxygen atoms in total. The van der Waals surface area contributed by atoms with Crippen molar-refractivity contribution < 1.29 is 19.1 Å². The van der Waals surface area contributed by atoms with Crippen LogP contribution in [0.3, 0.4) is 0 Å². The molecule has 0 bridgehead atoms. The van der Waals surface area contributed by atoms with E-state index in [1.165, 1.54) is 0 Å². The maximum Gasteiger partial charge on any atom is 0.255 e. The van der Waals surface area contributed by atoms with Gasteiger partial charge in [0.15, 0.2) is 0 Å². The lowest BCUT2D eigenvalue weighted by atomic mass is 9.85. The number of carbonyl (C=O) groups is 3. The van der Waals surface area contributed by atoms with Gasteiger partial charge in [0, 0.05) is 44.3 Å². The number of hydrogen-bond donors (Lipinski definition) is 3. The van der Waals surface area contributed by atoms with Gasteiger partial charge in [-0.05, 0) is 56.0 Å². The second-order valence-electron chi connectivity index (χ2n) is 8.52. The lowest BCUT2D eigenvalue weighted by molar-refractivity contribution is -0.136. The number of fused-ring (bicyclic) bond motifs is 1. The number of nitrogens with zero attached hydrogens (tertiary/aromatic N) is 1. The molecule has 1 aromatic carbocycles. The number of nitrogens with one attached hydrogen (secondary N) is 3. The molecule has 162 valence electrons. The van der Waals surface area contributed by atoms with Crippen molar-refractivity contribution in [1.82, 2.24) is 20.9 Å². The summed E-state index contributed by atoms with van der Waals surface area (Å²) in [7, 11) is 1.73. The number of ether oxygens (including phenoxy) is 1. The molecule has 4 rings (SSSR count). The zero-order chi connectivity index (χ0) is 21.1. The molecule has 3 heterocycles. The topological polar surface area (TPSA) is 99.8 Å². The van der Waals surface area contributed by atoms with E-state index in [0.717, 1.165) is 50.1 Å². The summed E-state index contributed by atoms with van der Waals surface area (Å²) < 4.78 is 5.32. The van der Waals surface area contributed by atoms with Crippen LogP contribution in [0.15, 0.2) is 18.2 Å². The second-order valence-corrected chi connectivity index (χ2v) is 8.52. The van der Waals surface area contributed by atoms with Gasteiger partial charge in [-0.2, -0.15) is 0 Å². The fourth-order valence-electron chi connectivity index (χ4n) is 4.72. The Morgan fingerprint density at radius 3 is 2.77 bits per heavy atom. The van der Waals surface area contributed by atoms with E-state index in [2.05, 4.69) is 22.0 Å². The van der Waals surface area contributed by atoms with E-state index >= 15 is 0 Å². The maximum atomic E-state index is 13.0. The predicted molar refractivity (Wildman–Crippen MR) is 111 cm³/mol. The molecule has 0 aromatic heterocycles. The number of piperidine rings is 2. The minimum Gasteiger partial charge on any atom is -0.385 e. The molecule has 30 heavy (non-hydrogen) atoms. The summed E-state index contributed by atoms with van der Waals surface area (Å²) in [4.78, 5) is 38.2. The van der Waals surface area contributed by atoms with E-state index < -0.39 is 6.04 Å². The smallest absolute Gasteiger partial charge is 0.255 e. The number of methoxy groups -OCH3 is 1. The SMILES string of the molecule is COCCC1(NCc2ccc3c(c2)C(=O)N(C2CCC(=O)NC2=O)C3)CCNCC1. The monoisotopic (exact) mass is 414 g/mol. The molecule has 3 aliphatic rings. The van der Waals surface area contributed by atoms with E-state index in [1.54, 1.807) is 12.0 Å². The van der Waals surface area contributed by atoms with Crippen molar-refractivity contribution in [2.24, 2.45) is 0 Å². The van der Waals surface area contributed by atoms with Crippen LogP contribution in [0.2, 0.25) is 0 Å². The molecule has 3 N–H and O–H groups in total. The molecule has 3 aliphatic heterocycles. The van der Waals surface area contributed by atoms with Crippen molar-refractivity contribution in [3.05, 3.63) is 34.9 Å². The van der Waals surface area contributed by atoms with Gasteiger partial charge < -0.3 is 20.3 Å². The number of imide groups is 1. The Kier molecular flexibility index (Phi) is 6.17. The highest BCUT2D eigenvalue weighted by Crippen LogP contribution is 2.29. The van der Waals surface area contributed by atoms with Gasteiger partial charge in [0.25, 0.3) is 5.91 Å². The molecule has 2 saturated heterocycles. The van der Waals surface area contributed by atoms with Crippen LogP contribution in [0.1, 0.15) is 53.6 Å². The third-order valence-electron chi connectivity index (χ3n) is 6.61. The van der Waals surface area contributed by atoms with Gasteiger partial charge in [0.05, 0.1) is 0 Å². The van der Waals surface area contributed by atoms with Crippen LogP contribution in [0.4, 0.5) is 0 Å². The van der Waals surface area contributed by atoms with Gasteiger partial charge in [0.2, 0.25) is 11.8 Å². The summed E-state index contributed by atoms with van der Waals surface area (Å²) in [5.41, 5.74) is 2.70. The van der Waals surface area contributed by atoms with Crippen molar-refractivity contribution in [3.63, 3.8) is 0 Å². The minimum absolute atomic E-state index is 0.0447. The number of carbonyl (C=O) groups excluding carboxylic acids is 3. The Bertz CT molecular complexity index is 834. The molecule has 0 radical (unpaired) electrons. The van der Waals surface area contributed by atoms with E-state index in [0.29, 0.717) is 25.1 Å². The van der Waals surface area contributed by atoms with Crippen LogP contribution in [-0.4, -0.2) is 61.0 Å². The molecular formula is C22H30N4O4. The van der Waals surface area contributed by atoms with E-state index in [-0.39, 0.29) is 29.7 Å². The molecule has 1 atom stereocenters. The summed E-state index contributed by atoms with van der Waals surface area (Å²) in [6, 6.07) is 5.41. The number of hydrogen-bond acceptors (Lipinski definition) is 6. The van der Waals surface area contributed by atoms with E-state index in [9.17, 15) is 14.4 Å². The molecule has 3 amide bonds. The highest BCUT2D eigenvalue weighted by molar-refractivity contribution is 6.05. The number of rotatable bonds is 7. The molecule has 2 fully saturated rings. The summed E-state index contributed by atoms with van der Waals surface area (Å²) in [6.07, 6.45) is 3.70. The van der Waals surface area contributed by atoms with Gasteiger partial charge >= 0.3 is 0 Å². The van der Waals surface area contributed by atoms with Crippen molar-refractivity contribution >= 4 is 17.7 Å². The predicted octanol–water partition coefficient (Wildman–Crippen LogP) is 0.696. The fourth-order valence-corrected chi connectivity index (χ4v) is 4.72. The molecule has 1 aromatic rings. The molecule has 0 saturated carbocycles. The van der Waals surface area contributed by atoms with Crippen molar-refractivity contribution in [3.8, 4) is 0 Å². The lowest BCUT2D eigenvalue weighted by Gasteiger charge is -2.39. The average Bonchev–Trinajstić information content (AvgIpc) is 3.07. The van der Waals surface area contributed by atoms with Crippen LogP contribution in [0.25, 0.3) is 0 Å². The first-order chi connectivity index (χ1) is 14.5. The Morgan fingerprint density at radius 2 is 2.03 bits per heavy atom. The molecule has 8 heteroatoms. The summed E-state index contributed by atoms with van der Waals surface area (Å²) in [5.74, 6) is -0.772. The van der Waals surface area contributed by atoms with Crippen molar-refractivity contribution in [1.29, 1.82) is 0 Å². The van der Waals surface area contributed by atoms with Crippen LogP contribution in [0.5, 0.6) is 0 Å². The standard InChI is InChI=1S/C22H30N4O4/c1-30-11-8-22(6-9-23-10-7-22)24-13-15-2-3-16-14-26(21(29)17(16)12-15)18-4-5-19(27)25-20(18)28/h2-3,12,18,23-24H,4-11,13-14H2,1H3,(H,25,27,28). The van der Waals surface area contributed by atoms with Crippen LogP contribution >= 0.6 is 0 Å². The summed E-state index contributed by atoms with van der Waals surface area (Å²) >= 11 is 0. The Balaban J connectivity index is 1.44. The lowest BCUT2D eigenvalue weighted by Crippen LogP contribution is -2.52.